The van der Waals surface area contributed by atoms with E-state index in [4.69, 9.17) is 4.74 Å². The molecule has 6 rings (SSSR count). The summed E-state index contributed by atoms with van der Waals surface area (Å²) in [7, 11) is 0. The first-order valence-corrected chi connectivity index (χ1v) is 13.0. The second kappa shape index (κ2) is 6.52. The molecule has 4 heteroatoms. The highest BCUT2D eigenvalue weighted by molar-refractivity contribution is 6.10. The summed E-state index contributed by atoms with van der Waals surface area (Å²) >= 11 is 0. The summed E-state index contributed by atoms with van der Waals surface area (Å²) in [5.41, 5.74) is 6.58. The van der Waals surface area contributed by atoms with Crippen LogP contribution in [0, 0.1) is 16.7 Å². The normalized spacial score (nSPS) is 41.1. The average Bonchev–Trinajstić information content (AvgIpc) is 3.64. The van der Waals surface area contributed by atoms with Crippen LogP contribution in [0.5, 0.6) is 0 Å². The van der Waals surface area contributed by atoms with Gasteiger partial charge in [0.05, 0.1) is 0 Å². The minimum Gasteiger partial charge on any atom is -0.386 e. The smallest absolute Gasteiger partial charge is 0.195 e. The molecule has 0 aromatic heterocycles. The van der Waals surface area contributed by atoms with Gasteiger partial charge >= 0.3 is 0 Å². The average molecular weight is 463 g/mol. The number of hydrogen-bond acceptors (Lipinski definition) is 4. The van der Waals surface area contributed by atoms with E-state index in [9.17, 15) is 15.0 Å². The first-order chi connectivity index (χ1) is 15.8. The van der Waals surface area contributed by atoms with E-state index in [1.807, 2.05) is 13.0 Å². The molecule has 0 radical (unpaired) electrons. The van der Waals surface area contributed by atoms with Gasteiger partial charge < -0.3 is 14.9 Å². The van der Waals surface area contributed by atoms with Crippen LogP contribution in [0.25, 0.3) is 0 Å². The van der Waals surface area contributed by atoms with Crippen LogP contribution in [0.3, 0.4) is 0 Å². The van der Waals surface area contributed by atoms with E-state index in [1.165, 1.54) is 27.9 Å². The number of ether oxygens (including phenoxy) is 1. The highest BCUT2D eigenvalue weighted by Gasteiger charge is 2.69. The van der Waals surface area contributed by atoms with E-state index in [-0.39, 0.29) is 34.7 Å². The van der Waals surface area contributed by atoms with Gasteiger partial charge in [0.1, 0.15) is 23.4 Å². The van der Waals surface area contributed by atoms with Crippen molar-refractivity contribution in [2.75, 3.05) is 0 Å². The van der Waals surface area contributed by atoms with Crippen molar-refractivity contribution in [1.29, 1.82) is 0 Å². The summed E-state index contributed by atoms with van der Waals surface area (Å²) in [6.07, 6.45) is 8.87. The molecule has 3 fully saturated rings. The number of hydrogen-bond donors (Lipinski definition) is 2. The minimum absolute atomic E-state index is 0.0262. The Labute approximate surface area is 203 Å². The molecule has 2 spiro atoms. The van der Waals surface area contributed by atoms with Crippen LogP contribution >= 0.6 is 0 Å². The van der Waals surface area contributed by atoms with Gasteiger partial charge in [0.25, 0.3) is 0 Å². The van der Waals surface area contributed by atoms with Crippen molar-refractivity contribution in [3.63, 3.8) is 0 Å². The van der Waals surface area contributed by atoms with Crippen LogP contribution in [0.15, 0.2) is 56.7 Å². The van der Waals surface area contributed by atoms with Crippen LogP contribution in [0.1, 0.15) is 80.6 Å². The summed E-state index contributed by atoms with van der Waals surface area (Å²) in [5, 5.41) is 22.5. The molecule has 5 aliphatic carbocycles. The Balaban J connectivity index is 1.33. The van der Waals surface area contributed by atoms with Crippen molar-refractivity contribution in [2.24, 2.45) is 16.7 Å². The SMILES string of the molecule is CC1=C(CC(C)/C=C2\C(C)=C(C)C3(CC3)[C@@](C)(O)C3OC23)C2=C(C)C3(CC3)[C@@](C)(O)C(=O)C2=C1. The van der Waals surface area contributed by atoms with Crippen molar-refractivity contribution in [2.45, 2.75) is 104 Å². The Bertz CT molecular complexity index is 1190. The van der Waals surface area contributed by atoms with Crippen molar-refractivity contribution >= 4 is 5.78 Å². The number of epoxide rings is 1. The van der Waals surface area contributed by atoms with Crippen molar-refractivity contribution in [3.05, 3.63) is 56.7 Å². The fourth-order valence-corrected chi connectivity index (χ4v) is 7.81. The number of fused-ring (bicyclic) bond motifs is 2. The summed E-state index contributed by atoms with van der Waals surface area (Å²) in [6.45, 7) is 14.5. The molecule has 0 aromatic carbocycles. The van der Waals surface area contributed by atoms with Crippen LogP contribution in [-0.4, -0.2) is 39.4 Å². The summed E-state index contributed by atoms with van der Waals surface area (Å²) in [5.74, 6) is 0.141. The number of carbonyl (C=O) groups is 1. The first-order valence-electron chi connectivity index (χ1n) is 13.0. The Morgan fingerprint density at radius 3 is 2.26 bits per heavy atom. The van der Waals surface area contributed by atoms with E-state index >= 15 is 0 Å². The van der Waals surface area contributed by atoms with E-state index in [1.54, 1.807) is 6.92 Å². The third-order valence-electron chi connectivity index (χ3n) is 10.6. The highest BCUT2D eigenvalue weighted by Crippen LogP contribution is 2.67. The lowest BCUT2D eigenvalue weighted by Crippen LogP contribution is -2.49. The number of Topliss-reactive ketones (excluding diaryl/α,β-unsaturated/α-hetero) is 1. The zero-order chi connectivity index (χ0) is 24.6. The molecule has 1 saturated heterocycles. The largest absolute Gasteiger partial charge is 0.386 e. The molecular weight excluding hydrogens is 424 g/mol. The van der Waals surface area contributed by atoms with Gasteiger partial charge in [-0.05, 0) is 114 Å². The number of carbonyl (C=O) groups excluding carboxylic acids is 1. The highest BCUT2D eigenvalue weighted by atomic mass is 16.6. The molecule has 5 atom stereocenters. The molecular formula is C30H38O4. The topological polar surface area (TPSA) is 70.1 Å². The summed E-state index contributed by atoms with van der Waals surface area (Å²) in [6, 6.07) is 0. The van der Waals surface area contributed by atoms with Gasteiger partial charge in [-0.25, -0.2) is 0 Å². The molecule has 182 valence electrons. The monoisotopic (exact) mass is 462 g/mol. The third kappa shape index (κ3) is 2.58. The summed E-state index contributed by atoms with van der Waals surface area (Å²) in [4.78, 5) is 13.3. The van der Waals surface area contributed by atoms with Gasteiger partial charge in [0.15, 0.2) is 5.78 Å². The van der Waals surface area contributed by atoms with E-state index < -0.39 is 11.2 Å². The summed E-state index contributed by atoms with van der Waals surface area (Å²) < 4.78 is 6.09. The number of aliphatic hydroxyl groups is 2. The van der Waals surface area contributed by atoms with E-state index in [0.29, 0.717) is 5.57 Å². The zero-order valence-electron chi connectivity index (χ0n) is 21.6. The molecule has 2 saturated carbocycles. The van der Waals surface area contributed by atoms with Crippen LogP contribution in [0.4, 0.5) is 0 Å². The second-order valence-corrected chi connectivity index (χ2v) is 12.5. The lowest BCUT2D eigenvalue weighted by molar-refractivity contribution is -0.137. The van der Waals surface area contributed by atoms with Gasteiger partial charge in [-0.2, -0.15) is 0 Å². The maximum atomic E-state index is 13.3. The minimum atomic E-state index is -1.30. The van der Waals surface area contributed by atoms with Crippen LogP contribution in [-0.2, 0) is 9.53 Å². The van der Waals surface area contributed by atoms with Gasteiger partial charge in [-0.15, -0.1) is 0 Å². The lowest BCUT2D eigenvalue weighted by atomic mass is 9.67. The van der Waals surface area contributed by atoms with Crippen molar-refractivity contribution in [1.82, 2.24) is 0 Å². The van der Waals surface area contributed by atoms with Crippen molar-refractivity contribution < 1.29 is 19.7 Å². The predicted octanol–water partition coefficient (Wildman–Crippen LogP) is 5.27. The molecule has 0 aromatic rings. The van der Waals surface area contributed by atoms with Gasteiger partial charge in [0.2, 0.25) is 0 Å². The molecule has 0 bridgehead atoms. The van der Waals surface area contributed by atoms with E-state index in [0.717, 1.165) is 43.3 Å². The van der Waals surface area contributed by atoms with E-state index in [2.05, 4.69) is 40.7 Å². The number of ketones is 1. The standard InChI is InChI=1S/C30H38O4/c1-15(13-21-17(3)18(4)29(8-9-29)28(7,33)26-24(21)34-26)12-20-16(2)14-22-23(20)19(5)30(10-11-30)27(6,32)25(22)31/h13-15,24,26,32-33H,8-12H2,1-7H3/b21-13+/t15?,24?,26?,27-,28-/m0/s1. The Morgan fingerprint density at radius 1 is 1.06 bits per heavy atom. The predicted molar refractivity (Wildman–Crippen MR) is 132 cm³/mol. The fourth-order valence-electron chi connectivity index (χ4n) is 7.81. The lowest BCUT2D eigenvalue weighted by Gasteiger charge is -2.39. The second-order valence-electron chi connectivity index (χ2n) is 12.5. The number of rotatable bonds is 3. The molecule has 4 nitrogen and oxygen atoms in total. The van der Waals surface area contributed by atoms with Crippen LogP contribution < -0.4 is 0 Å². The van der Waals surface area contributed by atoms with Gasteiger partial charge in [-0.1, -0.05) is 24.1 Å². The maximum absolute atomic E-state index is 13.3. The Hall–Kier alpha value is -1.75. The number of allylic oxidation sites excluding steroid dienone is 5. The van der Waals surface area contributed by atoms with Gasteiger partial charge in [0, 0.05) is 16.4 Å². The fraction of sp³-hybridized carbons (Fsp3) is 0.633. The molecule has 6 aliphatic rings. The van der Waals surface area contributed by atoms with Crippen LogP contribution in [0.2, 0.25) is 0 Å². The quantitative estimate of drug-likeness (QED) is 0.560. The Morgan fingerprint density at radius 2 is 1.68 bits per heavy atom. The molecule has 34 heavy (non-hydrogen) atoms. The molecule has 1 heterocycles. The first kappa shape index (κ1) is 22.7. The Kier molecular flexibility index (Phi) is 4.35. The molecule has 2 N–H and O–H groups in total. The van der Waals surface area contributed by atoms with Gasteiger partial charge in [-0.3, -0.25) is 4.79 Å². The van der Waals surface area contributed by atoms with Crippen molar-refractivity contribution in [3.8, 4) is 0 Å². The molecule has 1 aliphatic heterocycles. The molecule has 0 amide bonds. The third-order valence-corrected chi connectivity index (χ3v) is 10.6. The zero-order valence-corrected chi connectivity index (χ0v) is 21.6. The molecule has 3 unspecified atom stereocenters. The maximum Gasteiger partial charge on any atom is 0.195 e.